The monoisotopic (exact) mass is 406 g/mol. The SMILES string of the molecule is COc1cc(Cl)c(C)cc1NC(=O)C(=O)NC(C)c1ccc(OC)c(OC)c1. The van der Waals surface area contributed by atoms with Crippen LogP contribution in [0.5, 0.6) is 17.2 Å². The molecule has 0 aliphatic carbocycles. The minimum atomic E-state index is -0.813. The summed E-state index contributed by atoms with van der Waals surface area (Å²) in [6, 6.07) is 8.06. The lowest BCUT2D eigenvalue weighted by Crippen LogP contribution is -2.37. The molecule has 0 fully saturated rings. The van der Waals surface area contributed by atoms with Crippen LogP contribution >= 0.6 is 11.6 Å². The number of hydrogen-bond donors (Lipinski definition) is 2. The number of benzene rings is 2. The summed E-state index contributed by atoms with van der Waals surface area (Å²) in [4.78, 5) is 24.6. The van der Waals surface area contributed by atoms with Gasteiger partial charge < -0.3 is 24.8 Å². The van der Waals surface area contributed by atoms with E-state index in [0.29, 0.717) is 28.0 Å². The third-order valence-corrected chi connectivity index (χ3v) is 4.60. The molecule has 0 saturated heterocycles. The number of methoxy groups -OCH3 is 3. The highest BCUT2D eigenvalue weighted by molar-refractivity contribution is 6.40. The smallest absolute Gasteiger partial charge is 0.313 e. The fourth-order valence-electron chi connectivity index (χ4n) is 2.58. The number of nitrogens with one attached hydrogen (secondary N) is 2. The quantitative estimate of drug-likeness (QED) is 0.717. The molecule has 0 heterocycles. The average molecular weight is 407 g/mol. The van der Waals surface area contributed by atoms with Gasteiger partial charge in [-0.15, -0.1) is 0 Å². The first kappa shape index (κ1) is 21.4. The zero-order valence-corrected chi connectivity index (χ0v) is 17.1. The first-order chi connectivity index (χ1) is 13.3. The van der Waals surface area contributed by atoms with Gasteiger partial charge in [0.2, 0.25) is 0 Å². The summed E-state index contributed by atoms with van der Waals surface area (Å²) in [6.07, 6.45) is 0. The van der Waals surface area contributed by atoms with Crippen LogP contribution in [0.15, 0.2) is 30.3 Å². The summed E-state index contributed by atoms with van der Waals surface area (Å²) in [5.74, 6) is -0.117. The molecule has 1 atom stereocenters. The van der Waals surface area contributed by atoms with Crippen LogP contribution in [0.4, 0.5) is 5.69 Å². The largest absolute Gasteiger partial charge is 0.495 e. The van der Waals surface area contributed by atoms with Crippen molar-refractivity contribution in [3.63, 3.8) is 0 Å². The Morgan fingerprint density at radius 1 is 0.929 bits per heavy atom. The third kappa shape index (κ3) is 4.86. The molecule has 2 aromatic rings. The van der Waals surface area contributed by atoms with E-state index in [0.717, 1.165) is 11.1 Å². The lowest BCUT2D eigenvalue weighted by molar-refractivity contribution is -0.136. The van der Waals surface area contributed by atoms with Crippen LogP contribution in [0.1, 0.15) is 24.1 Å². The Bertz CT molecular complexity index is 885. The second-order valence-electron chi connectivity index (χ2n) is 6.07. The number of anilines is 1. The number of hydrogen-bond acceptors (Lipinski definition) is 5. The van der Waals surface area contributed by atoms with Gasteiger partial charge in [-0.2, -0.15) is 0 Å². The Hall–Kier alpha value is -2.93. The molecule has 0 aliphatic heterocycles. The minimum absolute atomic E-state index is 0.364. The number of rotatable bonds is 6. The molecule has 8 heteroatoms. The molecule has 0 radical (unpaired) electrons. The fourth-order valence-corrected chi connectivity index (χ4v) is 2.73. The number of ether oxygens (including phenoxy) is 3. The lowest BCUT2D eigenvalue weighted by atomic mass is 10.1. The number of aryl methyl sites for hydroxylation is 1. The minimum Gasteiger partial charge on any atom is -0.495 e. The molecule has 1 unspecified atom stereocenters. The van der Waals surface area contributed by atoms with Crippen LogP contribution in [0.25, 0.3) is 0 Å². The van der Waals surface area contributed by atoms with Crippen LogP contribution in [0.2, 0.25) is 5.02 Å². The second kappa shape index (κ2) is 9.32. The summed E-state index contributed by atoms with van der Waals surface area (Å²) >= 11 is 6.06. The summed E-state index contributed by atoms with van der Waals surface area (Å²) in [5.41, 5.74) is 1.87. The maximum atomic E-state index is 12.3. The van der Waals surface area contributed by atoms with E-state index in [1.807, 2.05) is 0 Å². The van der Waals surface area contributed by atoms with Crippen molar-refractivity contribution < 1.29 is 23.8 Å². The van der Waals surface area contributed by atoms with Crippen molar-refractivity contribution in [1.29, 1.82) is 0 Å². The van der Waals surface area contributed by atoms with Crippen LogP contribution in [-0.4, -0.2) is 33.1 Å². The molecule has 0 bridgehead atoms. The van der Waals surface area contributed by atoms with E-state index in [1.165, 1.54) is 14.2 Å². The van der Waals surface area contributed by atoms with E-state index in [2.05, 4.69) is 10.6 Å². The summed E-state index contributed by atoms with van der Waals surface area (Å²) in [7, 11) is 4.52. The molecule has 28 heavy (non-hydrogen) atoms. The standard InChI is InChI=1S/C20H23ClN2O5/c1-11-8-15(17(27-4)10-14(11)21)23-20(25)19(24)22-12(2)13-6-7-16(26-3)18(9-13)28-5/h6-10,12H,1-5H3,(H,22,24)(H,23,25). The van der Waals surface area contributed by atoms with Crippen LogP contribution in [-0.2, 0) is 9.59 Å². The molecule has 0 saturated carbocycles. The van der Waals surface area contributed by atoms with Crippen molar-refractivity contribution in [1.82, 2.24) is 5.32 Å². The summed E-state index contributed by atoms with van der Waals surface area (Å²) < 4.78 is 15.7. The molecule has 0 spiro atoms. The van der Waals surface area contributed by atoms with Crippen molar-refractivity contribution in [2.45, 2.75) is 19.9 Å². The highest BCUT2D eigenvalue weighted by Gasteiger charge is 2.20. The van der Waals surface area contributed by atoms with Crippen molar-refractivity contribution in [2.24, 2.45) is 0 Å². The van der Waals surface area contributed by atoms with Gasteiger partial charge in [-0.05, 0) is 43.2 Å². The molecule has 150 valence electrons. The van der Waals surface area contributed by atoms with Gasteiger partial charge in [-0.3, -0.25) is 9.59 Å². The van der Waals surface area contributed by atoms with Gasteiger partial charge in [0.1, 0.15) is 5.75 Å². The van der Waals surface area contributed by atoms with Gasteiger partial charge in [-0.25, -0.2) is 0 Å². The molecule has 0 aliphatic rings. The molecule has 2 N–H and O–H groups in total. The number of halogens is 1. The van der Waals surface area contributed by atoms with Gasteiger partial charge in [0.25, 0.3) is 0 Å². The van der Waals surface area contributed by atoms with E-state index in [4.69, 9.17) is 25.8 Å². The Kier molecular flexibility index (Phi) is 7.12. The Morgan fingerprint density at radius 2 is 1.57 bits per heavy atom. The lowest BCUT2D eigenvalue weighted by Gasteiger charge is -2.17. The maximum absolute atomic E-state index is 12.3. The van der Waals surface area contributed by atoms with Crippen molar-refractivity contribution >= 4 is 29.1 Å². The maximum Gasteiger partial charge on any atom is 0.313 e. The van der Waals surface area contributed by atoms with Crippen molar-refractivity contribution in [3.05, 3.63) is 46.5 Å². The van der Waals surface area contributed by atoms with Crippen LogP contribution in [0, 0.1) is 6.92 Å². The summed E-state index contributed by atoms with van der Waals surface area (Å²) in [5, 5.41) is 5.70. The Labute approximate surface area is 168 Å². The first-order valence-electron chi connectivity index (χ1n) is 8.48. The predicted molar refractivity (Wildman–Crippen MR) is 107 cm³/mol. The van der Waals surface area contributed by atoms with E-state index >= 15 is 0 Å². The molecule has 2 rings (SSSR count). The van der Waals surface area contributed by atoms with Gasteiger partial charge in [0, 0.05) is 11.1 Å². The van der Waals surface area contributed by atoms with E-state index in [-0.39, 0.29) is 0 Å². The second-order valence-corrected chi connectivity index (χ2v) is 6.47. The van der Waals surface area contributed by atoms with Crippen molar-refractivity contribution in [2.75, 3.05) is 26.6 Å². The van der Waals surface area contributed by atoms with E-state index in [9.17, 15) is 9.59 Å². The highest BCUT2D eigenvalue weighted by Crippen LogP contribution is 2.31. The molecule has 0 aromatic heterocycles. The van der Waals surface area contributed by atoms with Gasteiger partial charge >= 0.3 is 11.8 Å². The molecule has 2 amide bonds. The van der Waals surface area contributed by atoms with Crippen molar-refractivity contribution in [3.8, 4) is 17.2 Å². The zero-order valence-electron chi connectivity index (χ0n) is 16.4. The Morgan fingerprint density at radius 3 is 2.18 bits per heavy atom. The van der Waals surface area contributed by atoms with E-state index < -0.39 is 17.9 Å². The zero-order chi connectivity index (χ0) is 20.8. The van der Waals surface area contributed by atoms with Gasteiger partial charge in [0.15, 0.2) is 11.5 Å². The number of carbonyl (C=O) groups excluding carboxylic acids is 2. The van der Waals surface area contributed by atoms with Crippen LogP contribution < -0.4 is 24.8 Å². The van der Waals surface area contributed by atoms with Crippen LogP contribution in [0.3, 0.4) is 0 Å². The average Bonchev–Trinajstić information content (AvgIpc) is 2.69. The molecular formula is C20H23ClN2O5. The third-order valence-electron chi connectivity index (χ3n) is 4.19. The van der Waals surface area contributed by atoms with Gasteiger partial charge in [0.05, 0.1) is 33.1 Å². The topological polar surface area (TPSA) is 85.9 Å². The molecule has 7 nitrogen and oxygen atoms in total. The number of carbonyl (C=O) groups is 2. The Balaban J connectivity index is 2.10. The van der Waals surface area contributed by atoms with E-state index in [1.54, 1.807) is 51.3 Å². The highest BCUT2D eigenvalue weighted by atomic mass is 35.5. The summed E-state index contributed by atoms with van der Waals surface area (Å²) in [6.45, 7) is 3.55. The van der Waals surface area contributed by atoms with Gasteiger partial charge in [-0.1, -0.05) is 17.7 Å². The first-order valence-corrected chi connectivity index (χ1v) is 8.86. The fraction of sp³-hybridized carbons (Fsp3) is 0.300. The molecular weight excluding hydrogens is 384 g/mol. The number of amides is 2. The normalized spacial score (nSPS) is 11.4. The molecule has 2 aromatic carbocycles. The predicted octanol–water partition coefficient (Wildman–Crippen LogP) is 3.49.